The van der Waals surface area contributed by atoms with Crippen LogP contribution in [0.4, 0.5) is 13.2 Å². The number of benzene rings is 1. The van der Waals surface area contributed by atoms with E-state index in [1.807, 2.05) is 0 Å². The van der Waals surface area contributed by atoms with E-state index in [1.54, 1.807) is 37.9 Å². The molecule has 24 heavy (non-hydrogen) atoms. The number of aryl methyl sites for hydroxylation is 2. The van der Waals surface area contributed by atoms with Crippen molar-refractivity contribution in [2.75, 3.05) is 26.9 Å². The lowest BCUT2D eigenvalue weighted by Crippen LogP contribution is -2.32. The molecule has 1 saturated heterocycles. The number of nitrogens with zero attached hydrogens (tertiary/aromatic N) is 1. The van der Waals surface area contributed by atoms with Crippen LogP contribution in [0.5, 0.6) is 5.75 Å². The minimum absolute atomic E-state index is 0.0280. The zero-order valence-electron chi connectivity index (χ0n) is 14.1. The van der Waals surface area contributed by atoms with Crippen molar-refractivity contribution < 1.29 is 27.4 Å². The molecule has 0 unspecified atom stereocenters. The average Bonchev–Trinajstić information content (AvgIpc) is 2.98. The fourth-order valence-corrected chi connectivity index (χ4v) is 2.91. The van der Waals surface area contributed by atoms with Crippen LogP contribution in [0.1, 0.15) is 23.1 Å². The summed E-state index contributed by atoms with van der Waals surface area (Å²) in [6.45, 7) is 3.55. The van der Waals surface area contributed by atoms with Crippen LogP contribution >= 0.6 is 0 Å². The molecule has 0 radical (unpaired) electrons. The molecular formula is C17H22F3NO3. The van der Waals surface area contributed by atoms with Gasteiger partial charge in [-0.25, -0.2) is 0 Å². The van der Waals surface area contributed by atoms with Crippen LogP contribution in [0.25, 0.3) is 0 Å². The summed E-state index contributed by atoms with van der Waals surface area (Å²) in [5, 5.41) is 0. The van der Waals surface area contributed by atoms with Crippen LogP contribution in [0, 0.1) is 19.8 Å². The molecule has 1 aromatic rings. The van der Waals surface area contributed by atoms with Crippen LogP contribution in [0.2, 0.25) is 0 Å². The summed E-state index contributed by atoms with van der Waals surface area (Å²) in [4.78, 5) is 13.9. The normalized spacial score (nSPS) is 17.8. The Morgan fingerprint density at radius 2 is 1.96 bits per heavy atom. The second kappa shape index (κ2) is 7.42. The van der Waals surface area contributed by atoms with Crippen molar-refractivity contribution in [3.05, 3.63) is 28.8 Å². The minimum Gasteiger partial charge on any atom is -0.484 e. The van der Waals surface area contributed by atoms with Crippen molar-refractivity contribution >= 4 is 5.91 Å². The fraction of sp³-hybridized carbons (Fsp3) is 0.588. The number of carbonyl (C=O) groups is 1. The van der Waals surface area contributed by atoms with E-state index in [0.717, 1.165) is 12.0 Å². The monoisotopic (exact) mass is 345 g/mol. The molecule has 1 aliphatic heterocycles. The molecule has 7 heteroatoms. The Balaban J connectivity index is 2.05. The van der Waals surface area contributed by atoms with Crippen LogP contribution < -0.4 is 4.74 Å². The Bertz CT molecular complexity index is 572. The average molecular weight is 345 g/mol. The summed E-state index contributed by atoms with van der Waals surface area (Å²) in [6.07, 6.45) is -3.64. The molecule has 0 saturated carbocycles. The molecule has 1 heterocycles. The van der Waals surface area contributed by atoms with Gasteiger partial charge in [0, 0.05) is 20.2 Å². The van der Waals surface area contributed by atoms with Crippen LogP contribution in [0.15, 0.2) is 12.1 Å². The van der Waals surface area contributed by atoms with Gasteiger partial charge in [-0.15, -0.1) is 0 Å². The number of amides is 1. The molecule has 1 amide bonds. The van der Waals surface area contributed by atoms with Gasteiger partial charge in [0.15, 0.2) is 6.61 Å². The SMILES string of the molecule is Cc1cc(CN(C)C(=O)[C@H]2CCOC2)cc(C)c1OCC(F)(F)F. The molecule has 0 aliphatic carbocycles. The summed E-state index contributed by atoms with van der Waals surface area (Å²) in [7, 11) is 1.72. The highest BCUT2D eigenvalue weighted by atomic mass is 19.4. The molecule has 0 N–H and O–H groups in total. The summed E-state index contributed by atoms with van der Waals surface area (Å²) >= 11 is 0. The Kier molecular flexibility index (Phi) is 5.74. The fourth-order valence-electron chi connectivity index (χ4n) is 2.91. The Morgan fingerprint density at radius 1 is 1.33 bits per heavy atom. The van der Waals surface area contributed by atoms with E-state index in [1.165, 1.54) is 0 Å². The van der Waals surface area contributed by atoms with Gasteiger partial charge in [-0.1, -0.05) is 12.1 Å². The third-order valence-corrected chi connectivity index (χ3v) is 3.98. The summed E-state index contributed by atoms with van der Waals surface area (Å²) in [5.74, 6) is 0.168. The molecule has 1 aromatic carbocycles. The number of alkyl halides is 3. The van der Waals surface area contributed by atoms with Crippen molar-refractivity contribution in [1.29, 1.82) is 0 Å². The van der Waals surface area contributed by atoms with Gasteiger partial charge in [0.2, 0.25) is 5.91 Å². The molecule has 1 fully saturated rings. The van der Waals surface area contributed by atoms with E-state index in [-0.39, 0.29) is 17.6 Å². The number of hydrogen-bond acceptors (Lipinski definition) is 3. The van der Waals surface area contributed by atoms with Gasteiger partial charge in [-0.3, -0.25) is 4.79 Å². The first-order chi connectivity index (χ1) is 11.2. The van der Waals surface area contributed by atoms with Gasteiger partial charge in [-0.05, 0) is 37.0 Å². The third-order valence-electron chi connectivity index (χ3n) is 3.98. The second-order valence-corrected chi connectivity index (χ2v) is 6.22. The van der Waals surface area contributed by atoms with Gasteiger partial charge in [-0.2, -0.15) is 13.2 Å². The Morgan fingerprint density at radius 3 is 2.46 bits per heavy atom. The molecule has 134 valence electrons. The number of hydrogen-bond donors (Lipinski definition) is 0. The lowest BCUT2D eigenvalue weighted by Gasteiger charge is -2.22. The Hall–Kier alpha value is -1.76. The third kappa shape index (κ3) is 4.87. The minimum atomic E-state index is -4.37. The molecular weight excluding hydrogens is 323 g/mol. The number of ether oxygens (including phenoxy) is 2. The predicted octanol–water partition coefficient (Wildman–Crippen LogP) is 3.24. The van der Waals surface area contributed by atoms with Gasteiger partial charge in [0.05, 0.1) is 12.5 Å². The first kappa shape index (κ1) is 18.6. The van der Waals surface area contributed by atoms with Gasteiger partial charge < -0.3 is 14.4 Å². The second-order valence-electron chi connectivity index (χ2n) is 6.22. The molecule has 4 nitrogen and oxygen atoms in total. The van der Waals surface area contributed by atoms with Crippen molar-refractivity contribution in [3.8, 4) is 5.75 Å². The van der Waals surface area contributed by atoms with Crippen molar-refractivity contribution in [3.63, 3.8) is 0 Å². The quantitative estimate of drug-likeness (QED) is 0.822. The first-order valence-corrected chi connectivity index (χ1v) is 7.80. The van der Waals surface area contributed by atoms with E-state index >= 15 is 0 Å². The highest BCUT2D eigenvalue weighted by molar-refractivity contribution is 5.79. The highest BCUT2D eigenvalue weighted by Crippen LogP contribution is 2.28. The van der Waals surface area contributed by atoms with E-state index in [2.05, 4.69) is 0 Å². The standard InChI is InChI=1S/C17H22F3NO3/c1-11-6-13(7-12(2)15(11)24-10-17(18,19)20)8-21(3)16(22)14-4-5-23-9-14/h6-7,14H,4-5,8-10H2,1-3H3/t14-/m0/s1. The van der Waals surface area contributed by atoms with Crippen LogP contribution in [-0.2, 0) is 16.1 Å². The van der Waals surface area contributed by atoms with Crippen molar-refractivity contribution in [1.82, 2.24) is 4.90 Å². The maximum atomic E-state index is 12.3. The topological polar surface area (TPSA) is 38.8 Å². The zero-order valence-corrected chi connectivity index (χ0v) is 14.1. The van der Waals surface area contributed by atoms with Gasteiger partial charge in [0.1, 0.15) is 5.75 Å². The molecule has 0 bridgehead atoms. The van der Waals surface area contributed by atoms with E-state index < -0.39 is 12.8 Å². The van der Waals surface area contributed by atoms with Crippen LogP contribution in [0.3, 0.4) is 0 Å². The van der Waals surface area contributed by atoms with Crippen molar-refractivity contribution in [2.45, 2.75) is 33.0 Å². The lowest BCUT2D eigenvalue weighted by molar-refractivity contribution is -0.153. The molecule has 1 aliphatic rings. The molecule has 0 spiro atoms. The number of carbonyl (C=O) groups excluding carboxylic acids is 1. The smallest absolute Gasteiger partial charge is 0.422 e. The maximum absolute atomic E-state index is 12.3. The van der Waals surface area contributed by atoms with E-state index in [4.69, 9.17) is 9.47 Å². The molecule has 0 aromatic heterocycles. The largest absolute Gasteiger partial charge is 0.484 e. The highest BCUT2D eigenvalue weighted by Gasteiger charge is 2.29. The van der Waals surface area contributed by atoms with Gasteiger partial charge >= 0.3 is 6.18 Å². The zero-order chi connectivity index (χ0) is 17.9. The molecule has 2 rings (SSSR count). The number of rotatable bonds is 5. The number of halogens is 3. The Labute approximate surface area is 139 Å². The summed E-state index contributed by atoms with van der Waals surface area (Å²) < 4.78 is 47.1. The molecule has 1 atom stereocenters. The van der Waals surface area contributed by atoms with Crippen molar-refractivity contribution in [2.24, 2.45) is 5.92 Å². The maximum Gasteiger partial charge on any atom is 0.422 e. The predicted molar refractivity (Wildman–Crippen MR) is 82.9 cm³/mol. The van der Waals surface area contributed by atoms with Crippen LogP contribution in [-0.4, -0.2) is 43.9 Å². The van der Waals surface area contributed by atoms with E-state index in [0.29, 0.717) is 30.9 Å². The van der Waals surface area contributed by atoms with Gasteiger partial charge in [0.25, 0.3) is 0 Å². The first-order valence-electron chi connectivity index (χ1n) is 7.80. The lowest BCUT2D eigenvalue weighted by atomic mass is 10.0. The summed E-state index contributed by atoms with van der Waals surface area (Å²) in [6, 6.07) is 3.52. The van der Waals surface area contributed by atoms with E-state index in [9.17, 15) is 18.0 Å². The summed E-state index contributed by atoms with van der Waals surface area (Å²) in [5.41, 5.74) is 2.11.